The lowest BCUT2D eigenvalue weighted by atomic mass is 9.61. The van der Waals surface area contributed by atoms with Crippen molar-refractivity contribution in [3.8, 4) is 0 Å². The first kappa shape index (κ1) is 19.8. The van der Waals surface area contributed by atoms with E-state index < -0.39 is 5.54 Å². The quantitative estimate of drug-likeness (QED) is 0.773. The van der Waals surface area contributed by atoms with Crippen molar-refractivity contribution in [1.29, 1.82) is 0 Å². The number of nitrogens with zero attached hydrogens (tertiary/aromatic N) is 1. The van der Waals surface area contributed by atoms with Gasteiger partial charge in [-0.3, -0.25) is 9.69 Å². The molecule has 1 amide bonds. The monoisotopic (exact) mass is 400 g/mol. The van der Waals surface area contributed by atoms with E-state index >= 15 is 0 Å². The highest BCUT2D eigenvalue weighted by Crippen LogP contribution is 2.60. The number of benzene rings is 1. The average molecular weight is 401 g/mol. The lowest BCUT2D eigenvalue weighted by Gasteiger charge is -2.46. The molecule has 0 aromatic heterocycles. The molecule has 2 spiro atoms. The molecule has 1 heterocycles. The second-order valence-corrected chi connectivity index (χ2v) is 9.47. The molecule has 5 heteroatoms. The van der Waals surface area contributed by atoms with Gasteiger partial charge in [-0.15, -0.1) is 0 Å². The number of hydrogen-bond acceptors (Lipinski definition) is 3. The number of fused-ring (bicyclic) bond motifs is 3. The fourth-order valence-electron chi connectivity index (χ4n) is 5.84. The van der Waals surface area contributed by atoms with E-state index in [4.69, 9.17) is 17.0 Å². The van der Waals surface area contributed by atoms with Gasteiger partial charge >= 0.3 is 0 Å². The van der Waals surface area contributed by atoms with Crippen LogP contribution in [0.5, 0.6) is 0 Å². The molecule has 1 atom stereocenters. The van der Waals surface area contributed by atoms with Crippen molar-refractivity contribution >= 4 is 23.2 Å². The maximum atomic E-state index is 14.0. The van der Waals surface area contributed by atoms with Gasteiger partial charge in [0.1, 0.15) is 0 Å². The number of methoxy groups -OCH3 is 1. The molecule has 0 radical (unpaired) electrons. The first-order valence-electron chi connectivity index (χ1n) is 10.7. The predicted octanol–water partition coefficient (Wildman–Crippen LogP) is 4.09. The molecule has 0 bridgehead atoms. The molecule has 152 valence electrons. The van der Waals surface area contributed by atoms with Crippen molar-refractivity contribution in [2.24, 2.45) is 5.41 Å². The van der Waals surface area contributed by atoms with Gasteiger partial charge in [0.25, 0.3) is 5.91 Å². The normalized spacial score (nSPS) is 31.9. The highest BCUT2D eigenvalue weighted by Gasteiger charge is 2.67. The van der Waals surface area contributed by atoms with Crippen LogP contribution in [-0.2, 0) is 27.9 Å². The summed E-state index contributed by atoms with van der Waals surface area (Å²) >= 11 is 5.68. The Morgan fingerprint density at radius 2 is 2.04 bits per heavy atom. The van der Waals surface area contributed by atoms with Crippen LogP contribution in [-0.4, -0.2) is 35.2 Å². The van der Waals surface area contributed by atoms with Crippen LogP contribution < -0.4 is 5.32 Å². The van der Waals surface area contributed by atoms with E-state index in [2.05, 4.69) is 30.4 Å². The Morgan fingerprint density at radius 3 is 2.61 bits per heavy atom. The van der Waals surface area contributed by atoms with Crippen molar-refractivity contribution in [2.45, 2.75) is 83.4 Å². The number of amides is 1. The van der Waals surface area contributed by atoms with Crippen LogP contribution in [0.3, 0.4) is 0 Å². The van der Waals surface area contributed by atoms with E-state index in [1.807, 2.05) is 13.8 Å². The zero-order valence-corrected chi connectivity index (χ0v) is 18.3. The lowest BCUT2D eigenvalue weighted by Crippen LogP contribution is -2.57. The van der Waals surface area contributed by atoms with E-state index in [0.717, 1.165) is 44.9 Å². The van der Waals surface area contributed by atoms with Crippen molar-refractivity contribution < 1.29 is 9.53 Å². The lowest BCUT2D eigenvalue weighted by molar-refractivity contribution is -0.139. The minimum Gasteiger partial charge on any atom is -0.381 e. The second kappa shape index (κ2) is 7.10. The molecule has 1 saturated heterocycles. The number of hydrogen-bond donors (Lipinski definition) is 1. The predicted molar refractivity (Wildman–Crippen MR) is 115 cm³/mol. The summed E-state index contributed by atoms with van der Waals surface area (Å²) in [6.07, 6.45) is 7.34. The van der Waals surface area contributed by atoms with E-state index in [-0.39, 0.29) is 17.4 Å². The molecule has 1 aromatic rings. The first-order valence-corrected chi connectivity index (χ1v) is 11.1. The second-order valence-electron chi connectivity index (χ2n) is 9.08. The van der Waals surface area contributed by atoms with Crippen LogP contribution in [0.15, 0.2) is 18.2 Å². The molecule has 2 fully saturated rings. The Morgan fingerprint density at radius 1 is 1.32 bits per heavy atom. The molecule has 28 heavy (non-hydrogen) atoms. The molecule has 4 nitrogen and oxygen atoms in total. The Labute approximate surface area is 174 Å². The number of ether oxygens (including phenoxy) is 1. The highest BCUT2D eigenvalue weighted by atomic mass is 32.1. The number of rotatable bonds is 4. The van der Waals surface area contributed by atoms with E-state index in [1.54, 1.807) is 12.0 Å². The van der Waals surface area contributed by atoms with Gasteiger partial charge in [0.05, 0.1) is 6.10 Å². The van der Waals surface area contributed by atoms with Crippen LogP contribution >= 0.6 is 12.2 Å². The van der Waals surface area contributed by atoms with Crippen LogP contribution in [0, 0.1) is 5.41 Å². The Hall–Kier alpha value is -1.46. The summed E-state index contributed by atoms with van der Waals surface area (Å²) in [4.78, 5) is 15.8. The summed E-state index contributed by atoms with van der Waals surface area (Å²) < 4.78 is 5.64. The number of carbonyl (C=O) groups excluding carboxylic acids is 1. The van der Waals surface area contributed by atoms with Crippen molar-refractivity contribution in [1.82, 2.24) is 10.2 Å². The third-order valence-corrected chi connectivity index (χ3v) is 7.53. The summed E-state index contributed by atoms with van der Waals surface area (Å²) in [5.41, 5.74) is 2.95. The highest BCUT2D eigenvalue weighted by molar-refractivity contribution is 7.80. The van der Waals surface area contributed by atoms with Gasteiger partial charge in [0, 0.05) is 18.6 Å². The van der Waals surface area contributed by atoms with E-state index in [1.165, 1.54) is 16.7 Å². The number of thiocarbonyl (C=S) groups is 1. The maximum absolute atomic E-state index is 14.0. The summed E-state index contributed by atoms with van der Waals surface area (Å²) in [5, 5.41) is 4.18. The minimum absolute atomic E-state index is 0.0575. The van der Waals surface area contributed by atoms with Crippen LogP contribution in [0.25, 0.3) is 0 Å². The average Bonchev–Trinajstić information content (AvgIpc) is 3.09. The van der Waals surface area contributed by atoms with Crippen molar-refractivity contribution in [3.05, 3.63) is 34.9 Å². The van der Waals surface area contributed by atoms with Gasteiger partial charge in [-0.25, -0.2) is 0 Å². The maximum Gasteiger partial charge on any atom is 0.259 e. The van der Waals surface area contributed by atoms with Crippen LogP contribution in [0.2, 0.25) is 0 Å². The Bertz CT molecular complexity index is 798. The first-order chi connectivity index (χ1) is 13.4. The molecule has 1 aromatic carbocycles. The standard InChI is InChI=1S/C23H32N2O2S/c1-5-6-16-7-8-17-14-22(11-9-18(27-4)10-12-22)23(19(17)13-16)20(26)25(15(2)3)21(28)24-23/h7-8,13,15,18H,5-6,9-12,14H2,1-4H3,(H,24,28)/t18-,22-,23?. The molecule has 1 saturated carbocycles. The summed E-state index contributed by atoms with van der Waals surface area (Å²) in [6.45, 7) is 6.29. The van der Waals surface area contributed by atoms with E-state index in [9.17, 15) is 4.79 Å². The molecular formula is C23H32N2O2S. The van der Waals surface area contributed by atoms with Gasteiger partial charge < -0.3 is 10.1 Å². The molecule has 1 aliphatic heterocycles. The van der Waals surface area contributed by atoms with Crippen molar-refractivity contribution in [2.75, 3.05) is 7.11 Å². The smallest absolute Gasteiger partial charge is 0.259 e. The SMILES string of the molecule is CCCc1ccc2c(c1)C1(NC(=S)N(C(C)C)C1=O)[C@]1(CC[C@H](OC)CC1)C2. The number of carbonyl (C=O) groups is 1. The van der Waals surface area contributed by atoms with Gasteiger partial charge in [0.15, 0.2) is 10.7 Å². The molecule has 3 aliphatic rings. The molecule has 1 unspecified atom stereocenters. The Kier molecular flexibility index (Phi) is 5.03. The zero-order valence-electron chi connectivity index (χ0n) is 17.5. The van der Waals surface area contributed by atoms with Crippen molar-refractivity contribution in [3.63, 3.8) is 0 Å². The Balaban J connectivity index is 1.85. The summed E-state index contributed by atoms with van der Waals surface area (Å²) in [5.74, 6) is 0.149. The zero-order chi connectivity index (χ0) is 20.1. The van der Waals surface area contributed by atoms with E-state index in [0.29, 0.717) is 11.2 Å². The largest absolute Gasteiger partial charge is 0.381 e. The van der Waals surface area contributed by atoms with Crippen LogP contribution in [0.1, 0.15) is 69.6 Å². The van der Waals surface area contributed by atoms with Gasteiger partial charge in [-0.05, 0) is 81.3 Å². The minimum atomic E-state index is -0.716. The van der Waals surface area contributed by atoms with Crippen LogP contribution in [0.4, 0.5) is 0 Å². The number of aryl methyl sites for hydroxylation is 1. The third-order valence-electron chi connectivity index (χ3n) is 7.23. The number of nitrogens with one attached hydrogen (secondary N) is 1. The fourth-order valence-corrected chi connectivity index (χ4v) is 6.29. The summed E-state index contributed by atoms with van der Waals surface area (Å²) in [6, 6.07) is 6.85. The van der Waals surface area contributed by atoms with Gasteiger partial charge in [0.2, 0.25) is 0 Å². The molecule has 4 rings (SSSR count). The topological polar surface area (TPSA) is 41.6 Å². The third kappa shape index (κ3) is 2.66. The van der Waals surface area contributed by atoms with Gasteiger partial charge in [-0.2, -0.15) is 0 Å². The summed E-state index contributed by atoms with van der Waals surface area (Å²) in [7, 11) is 1.80. The fraction of sp³-hybridized carbons (Fsp3) is 0.652. The van der Waals surface area contributed by atoms with Gasteiger partial charge in [-0.1, -0.05) is 31.5 Å². The molecule has 2 aliphatic carbocycles. The molecular weight excluding hydrogens is 368 g/mol. The molecule has 1 N–H and O–H groups in total.